The second-order valence-corrected chi connectivity index (χ2v) is 4.85. The lowest BCUT2D eigenvalue weighted by Crippen LogP contribution is -2.23. The van der Waals surface area contributed by atoms with E-state index in [1.807, 2.05) is 32.9 Å². The van der Waals surface area contributed by atoms with Gasteiger partial charge < -0.3 is 5.32 Å². The Kier molecular flexibility index (Phi) is 4.33. The summed E-state index contributed by atoms with van der Waals surface area (Å²) in [4.78, 5) is 12.3. The fourth-order valence-corrected chi connectivity index (χ4v) is 2.47. The Labute approximate surface area is 128 Å². The van der Waals surface area contributed by atoms with Gasteiger partial charge in [-0.05, 0) is 38.5 Å². The number of nitrogens with zero attached hydrogens (tertiary/aromatic N) is 4. The Morgan fingerprint density at radius 3 is 2.23 bits per heavy atom. The van der Waals surface area contributed by atoms with Crippen molar-refractivity contribution in [3.8, 4) is 12.1 Å². The van der Waals surface area contributed by atoms with Crippen LogP contribution in [-0.2, 0) is 13.1 Å². The van der Waals surface area contributed by atoms with E-state index in [4.69, 9.17) is 10.5 Å². The maximum atomic E-state index is 12.3. The van der Waals surface area contributed by atoms with Gasteiger partial charge in [0.1, 0.15) is 17.7 Å². The number of fused-ring (bicyclic) bond motifs is 1. The molecule has 2 rings (SSSR count). The first-order chi connectivity index (χ1) is 10.6. The minimum atomic E-state index is -0.0261. The molecule has 0 unspecified atom stereocenters. The second-order valence-electron chi connectivity index (χ2n) is 4.85. The number of aryl methyl sites for hydroxylation is 3. The number of aromatic nitrogens is 2. The summed E-state index contributed by atoms with van der Waals surface area (Å²) in [6.45, 7) is 6.99. The Balaban J connectivity index is 2.63. The lowest BCUT2D eigenvalue weighted by Gasteiger charge is -2.08. The predicted octanol–water partition coefficient (Wildman–Crippen LogP) is 2.49. The van der Waals surface area contributed by atoms with Crippen LogP contribution < -0.4 is 11.0 Å². The van der Waals surface area contributed by atoms with Gasteiger partial charge in [-0.15, -0.1) is 0 Å². The molecule has 0 spiro atoms. The molecule has 2 aromatic rings. The number of benzene rings is 1. The molecular formula is C16H17N5O. The van der Waals surface area contributed by atoms with Crippen molar-refractivity contribution in [3.63, 3.8) is 0 Å². The number of allylic oxidation sites excluding steroid dienone is 1. The lowest BCUT2D eigenvalue weighted by atomic mass is 10.1. The van der Waals surface area contributed by atoms with E-state index in [1.54, 1.807) is 21.3 Å². The van der Waals surface area contributed by atoms with E-state index in [-0.39, 0.29) is 11.3 Å². The molecule has 0 fully saturated rings. The van der Waals surface area contributed by atoms with E-state index in [0.29, 0.717) is 13.1 Å². The van der Waals surface area contributed by atoms with Crippen LogP contribution in [0.25, 0.3) is 11.0 Å². The molecule has 0 aliphatic rings. The Morgan fingerprint density at radius 2 is 1.73 bits per heavy atom. The minimum Gasteiger partial charge on any atom is -0.360 e. The molecule has 112 valence electrons. The zero-order valence-electron chi connectivity index (χ0n) is 12.8. The van der Waals surface area contributed by atoms with Crippen molar-refractivity contribution in [2.24, 2.45) is 0 Å². The SMILES string of the molecule is CCn1c(=O)n(CC)c2cc(NC=C(C#N)C#N)c(C)cc21. The van der Waals surface area contributed by atoms with E-state index in [2.05, 4.69) is 5.32 Å². The van der Waals surface area contributed by atoms with Crippen LogP contribution in [0.2, 0.25) is 0 Å². The predicted molar refractivity (Wildman–Crippen MR) is 85.2 cm³/mol. The van der Waals surface area contributed by atoms with Gasteiger partial charge in [0.05, 0.1) is 11.0 Å². The highest BCUT2D eigenvalue weighted by Gasteiger charge is 2.13. The number of hydrogen-bond donors (Lipinski definition) is 1. The standard InChI is InChI=1S/C16H17N5O/c1-4-20-14-6-11(3)13(19-10-12(8-17)9-18)7-15(14)21(5-2)16(20)22/h6-7,10,19H,4-5H2,1-3H3. The van der Waals surface area contributed by atoms with Crippen LogP contribution in [0.5, 0.6) is 0 Å². The number of anilines is 1. The lowest BCUT2D eigenvalue weighted by molar-refractivity contribution is 0.671. The average molecular weight is 295 g/mol. The molecule has 0 aliphatic heterocycles. The Morgan fingerprint density at radius 1 is 1.18 bits per heavy atom. The molecule has 22 heavy (non-hydrogen) atoms. The summed E-state index contributed by atoms with van der Waals surface area (Å²) in [6.07, 6.45) is 1.37. The van der Waals surface area contributed by atoms with Crippen molar-refractivity contribution in [3.05, 3.63) is 40.0 Å². The van der Waals surface area contributed by atoms with Crippen LogP contribution in [0, 0.1) is 29.6 Å². The highest BCUT2D eigenvalue weighted by Crippen LogP contribution is 2.23. The summed E-state index contributed by atoms with van der Waals surface area (Å²) in [5, 5.41) is 20.5. The maximum absolute atomic E-state index is 12.3. The van der Waals surface area contributed by atoms with Gasteiger partial charge in [-0.25, -0.2) is 4.79 Å². The van der Waals surface area contributed by atoms with Crippen LogP contribution in [0.3, 0.4) is 0 Å². The van der Waals surface area contributed by atoms with Gasteiger partial charge >= 0.3 is 5.69 Å². The summed E-state index contributed by atoms with van der Waals surface area (Å²) in [5.41, 5.74) is 3.41. The van der Waals surface area contributed by atoms with Crippen molar-refractivity contribution in [2.45, 2.75) is 33.9 Å². The zero-order valence-corrected chi connectivity index (χ0v) is 12.8. The van der Waals surface area contributed by atoms with Gasteiger partial charge in [-0.2, -0.15) is 10.5 Å². The third-order valence-corrected chi connectivity index (χ3v) is 3.61. The highest BCUT2D eigenvalue weighted by molar-refractivity contribution is 5.82. The number of nitriles is 2. The normalized spacial score (nSPS) is 10.0. The number of imidazole rings is 1. The molecule has 0 saturated heterocycles. The van der Waals surface area contributed by atoms with E-state index >= 15 is 0 Å². The van der Waals surface area contributed by atoms with Crippen LogP contribution >= 0.6 is 0 Å². The zero-order chi connectivity index (χ0) is 16.3. The van der Waals surface area contributed by atoms with Gasteiger partial charge in [0.25, 0.3) is 0 Å². The van der Waals surface area contributed by atoms with Gasteiger partial charge in [0.15, 0.2) is 0 Å². The molecule has 1 heterocycles. The molecule has 1 aromatic carbocycles. The molecule has 0 saturated carbocycles. The first kappa shape index (κ1) is 15.4. The second kappa shape index (κ2) is 6.19. The summed E-state index contributed by atoms with van der Waals surface area (Å²) in [6, 6.07) is 7.43. The molecule has 6 nitrogen and oxygen atoms in total. The topological polar surface area (TPSA) is 86.5 Å². The molecule has 0 radical (unpaired) electrons. The van der Waals surface area contributed by atoms with E-state index in [1.165, 1.54) is 6.20 Å². The van der Waals surface area contributed by atoms with Crippen LogP contribution in [0.4, 0.5) is 5.69 Å². The smallest absolute Gasteiger partial charge is 0.329 e. The van der Waals surface area contributed by atoms with Gasteiger partial charge in [-0.3, -0.25) is 9.13 Å². The molecular weight excluding hydrogens is 278 g/mol. The van der Waals surface area contributed by atoms with Crippen molar-refractivity contribution in [2.75, 3.05) is 5.32 Å². The number of rotatable bonds is 4. The molecule has 1 aromatic heterocycles. The van der Waals surface area contributed by atoms with Gasteiger partial charge in [0, 0.05) is 25.0 Å². The first-order valence-corrected chi connectivity index (χ1v) is 7.07. The number of hydrogen-bond acceptors (Lipinski definition) is 4. The molecule has 0 amide bonds. The molecule has 0 atom stereocenters. The van der Waals surface area contributed by atoms with Crippen molar-refractivity contribution >= 4 is 16.7 Å². The summed E-state index contributed by atoms with van der Waals surface area (Å²) < 4.78 is 3.45. The molecule has 6 heteroatoms. The Bertz CT molecular complexity index is 870. The monoisotopic (exact) mass is 295 g/mol. The van der Waals surface area contributed by atoms with Gasteiger partial charge in [-0.1, -0.05) is 0 Å². The molecule has 0 bridgehead atoms. The van der Waals surface area contributed by atoms with Crippen LogP contribution in [-0.4, -0.2) is 9.13 Å². The third-order valence-electron chi connectivity index (χ3n) is 3.61. The number of nitrogens with one attached hydrogen (secondary N) is 1. The summed E-state index contributed by atoms with van der Waals surface area (Å²) in [5.74, 6) is 0. The summed E-state index contributed by atoms with van der Waals surface area (Å²) >= 11 is 0. The third kappa shape index (κ3) is 2.47. The highest BCUT2D eigenvalue weighted by atomic mass is 16.1. The van der Waals surface area contributed by atoms with Crippen molar-refractivity contribution in [1.29, 1.82) is 10.5 Å². The first-order valence-electron chi connectivity index (χ1n) is 7.07. The maximum Gasteiger partial charge on any atom is 0.329 e. The van der Waals surface area contributed by atoms with Crippen LogP contribution in [0.1, 0.15) is 19.4 Å². The quantitative estimate of drug-likeness (QED) is 0.878. The van der Waals surface area contributed by atoms with Crippen molar-refractivity contribution < 1.29 is 0 Å². The van der Waals surface area contributed by atoms with Gasteiger partial charge in [0.2, 0.25) is 0 Å². The van der Waals surface area contributed by atoms with E-state index in [9.17, 15) is 4.79 Å². The summed E-state index contributed by atoms with van der Waals surface area (Å²) in [7, 11) is 0. The Hall–Kier alpha value is -2.99. The average Bonchev–Trinajstić information content (AvgIpc) is 2.78. The van der Waals surface area contributed by atoms with Crippen LogP contribution in [0.15, 0.2) is 28.7 Å². The molecule has 0 aliphatic carbocycles. The fourth-order valence-electron chi connectivity index (χ4n) is 2.47. The van der Waals surface area contributed by atoms with E-state index in [0.717, 1.165) is 22.3 Å². The largest absolute Gasteiger partial charge is 0.360 e. The minimum absolute atomic E-state index is 0.00138. The molecule has 1 N–H and O–H groups in total. The van der Waals surface area contributed by atoms with E-state index < -0.39 is 0 Å². The fraction of sp³-hybridized carbons (Fsp3) is 0.312. The van der Waals surface area contributed by atoms with Crippen molar-refractivity contribution in [1.82, 2.24) is 9.13 Å².